The zero-order chi connectivity index (χ0) is 7.84. The molecule has 2 aliphatic rings. The lowest BCUT2D eigenvalue weighted by atomic mass is 9.85. The standard InChI is InChI=1S/C9H14O2/c1-6(10)9-7-2-3-8(9)5-11-4-7/h7-9H,2-5H2,1H3. The lowest BCUT2D eigenvalue weighted by Gasteiger charge is -2.27. The molecule has 0 amide bonds. The van der Waals surface area contributed by atoms with Gasteiger partial charge in [-0.05, 0) is 31.6 Å². The van der Waals surface area contributed by atoms with Crippen molar-refractivity contribution >= 4 is 5.78 Å². The van der Waals surface area contributed by atoms with Gasteiger partial charge in [0.15, 0.2) is 0 Å². The van der Waals surface area contributed by atoms with Gasteiger partial charge in [-0.15, -0.1) is 0 Å². The van der Waals surface area contributed by atoms with Crippen LogP contribution in [0.3, 0.4) is 0 Å². The van der Waals surface area contributed by atoms with Crippen molar-refractivity contribution in [3.8, 4) is 0 Å². The average molecular weight is 154 g/mol. The predicted octanol–water partition coefficient (Wildman–Crippen LogP) is 1.25. The van der Waals surface area contributed by atoms with Gasteiger partial charge in [-0.3, -0.25) is 4.79 Å². The Morgan fingerprint density at radius 1 is 1.27 bits per heavy atom. The summed E-state index contributed by atoms with van der Waals surface area (Å²) in [5.41, 5.74) is 0. The van der Waals surface area contributed by atoms with Gasteiger partial charge in [-0.1, -0.05) is 0 Å². The minimum Gasteiger partial charge on any atom is -0.381 e. The molecule has 11 heavy (non-hydrogen) atoms. The van der Waals surface area contributed by atoms with Gasteiger partial charge in [0.05, 0.1) is 13.2 Å². The Labute approximate surface area is 66.9 Å². The average Bonchev–Trinajstić information content (AvgIpc) is 2.23. The first kappa shape index (κ1) is 7.29. The highest BCUT2D eigenvalue weighted by Gasteiger charge is 2.41. The first-order valence-electron chi connectivity index (χ1n) is 4.37. The van der Waals surface area contributed by atoms with E-state index >= 15 is 0 Å². The molecule has 1 saturated heterocycles. The maximum absolute atomic E-state index is 11.2. The molecule has 1 aliphatic heterocycles. The third-order valence-corrected chi connectivity index (χ3v) is 3.06. The molecule has 0 N–H and O–H groups in total. The van der Waals surface area contributed by atoms with E-state index in [0.717, 1.165) is 13.2 Å². The fourth-order valence-corrected chi connectivity index (χ4v) is 2.58. The first-order chi connectivity index (χ1) is 5.29. The van der Waals surface area contributed by atoms with Crippen molar-refractivity contribution in [1.29, 1.82) is 0 Å². The Hall–Kier alpha value is -0.370. The molecule has 2 atom stereocenters. The quantitative estimate of drug-likeness (QED) is 0.568. The van der Waals surface area contributed by atoms with Crippen molar-refractivity contribution in [2.75, 3.05) is 13.2 Å². The minimum atomic E-state index is 0.337. The third kappa shape index (κ3) is 1.09. The number of ether oxygens (including phenoxy) is 1. The zero-order valence-corrected chi connectivity index (χ0v) is 6.88. The van der Waals surface area contributed by atoms with Gasteiger partial charge < -0.3 is 4.74 Å². The summed E-state index contributed by atoms with van der Waals surface area (Å²) in [5.74, 6) is 1.81. The van der Waals surface area contributed by atoms with E-state index in [0.29, 0.717) is 23.5 Å². The fourth-order valence-electron chi connectivity index (χ4n) is 2.58. The van der Waals surface area contributed by atoms with Crippen molar-refractivity contribution in [3.63, 3.8) is 0 Å². The van der Waals surface area contributed by atoms with Crippen LogP contribution in [-0.4, -0.2) is 19.0 Å². The number of hydrogen-bond acceptors (Lipinski definition) is 2. The van der Waals surface area contributed by atoms with Gasteiger partial charge in [0.1, 0.15) is 5.78 Å². The molecule has 2 rings (SSSR count). The Morgan fingerprint density at radius 2 is 1.82 bits per heavy atom. The highest BCUT2D eigenvalue weighted by atomic mass is 16.5. The van der Waals surface area contributed by atoms with Gasteiger partial charge in [-0.2, -0.15) is 0 Å². The molecule has 0 aromatic rings. The zero-order valence-electron chi connectivity index (χ0n) is 6.88. The smallest absolute Gasteiger partial charge is 0.133 e. The van der Waals surface area contributed by atoms with E-state index in [9.17, 15) is 4.79 Å². The third-order valence-electron chi connectivity index (χ3n) is 3.06. The maximum Gasteiger partial charge on any atom is 0.133 e. The summed E-state index contributed by atoms with van der Waals surface area (Å²) >= 11 is 0. The second kappa shape index (κ2) is 2.59. The van der Waals surface area contributed by atoms with Gasteiger partial charge in [-0.25, -0.2) is 0 Å². The lowest BCUT2D eigenvalue weighted by Crippen LogP contribution is -2.33. The maximum atomic E-state index is 11.2. The van der Waals surface area contributed by atoms with Crippen LogP contribution >= 0.6 is 0 Å². The minimum absolute atomic E-state index is 0.337. The van der Waals surface area contributed by atoms with Gasteiger partial charge in [0.25, 0.3) is 0 Å². The van der Waals surface area contributed by atoms with Crippen molar-refractivity contribution in [1.82, 2.24) is 0 Å². The van der Waals surface area contributed by atoms with Crippen LogP contribution in [0.4, 0.5) is 0 Å². The summed E-state index contributed by atoms with van der Waals surface area (Å²) in [4.78, 5) is 11.2. The van der Waals surface area contributed by atoms with Crippen LogP contribution in [0.1, 0.15) is 19.8 Å². The summed E-state index contributed by atoms with van der Waals surface area (Å²) in [5, 5.41) is 0. The van der Waals surface area contributed by atoms with E-state index < -0.39 is 0 Å². The SMILES string of the molecule is CC(=O)C1C2CCC1COC2. The number of carbonyl (C=O) groups is 1. The molecule has 0 aromatic heterocycles. The number of Topliss-reactive ketones (excluding diaryl/α,β-unsaturated/α-hetero) is 1. The highest BCUT2D eigenvalue weighted by molar-refractivity contribution is 5.79. The van der Waals surface area contributed by atoms with Crippen LogP contribution < -0.4 is 0 Å². The van der Waals surface area contributed by atoms with Crippen molar-refractivity contribution in [2.45, 2.75) is 19.8 Å². The van der Waals surface area contributed by atoms with Gasteiger partial charge in [0.2, 0.25) is 0 Å². The molecule has 1 saturated carbocycles. The van der Waals surface area contributed by atoms with Crippen LogP contribution in [0, 0.1) is 17.8 Å². The molecule has 2 fully saturated rings. The molecule has 0 radical (unpaired) electrons. The Kier molecular flexibility index (Phi) is 1.72. The molecule has 2 nitrogen and oxygen atoms in total. The normalized spacial score (nSPS) is 42.5. The van der Waals surface area contributed by atoms with E-state index in [4.69, 9.17) is 4.74 Å². The van der Waals surface area contributed by atoms with Crippen LogP contribution in [0.2, 0.25) is 0 Å². The van der Waals surface area contributed by atoms with Crippen LogP contribution in [0.25, 0.3) is 0 Å². The van der Waals surface area contributed by atoms with Crippen LogP contribution in [-0.2, 0) is 9.53 Å². The summed E-state index contributed by atoms with van der Waals surface area (Å²) < 4.78 is 5.38. The molecule has 1 heterocycles. The molecule has 2 bridgehead atoms. The molecular formula is C9H14O2. The van der Waals surface area contributed by atoms with Crippen molar-refractivity contribution < 1.29 is 9.53 Å². The molecule has 62 valence electrons. The molecule has 0 spiro atoms. The summed E-state index contributed by atoms with van der Waals surface area (Å²) in [7, 11) is 0. The summed E-state index contributed by atoms with van der Waals surface area (Å²) in [6.07, 6.45) is 2.41. The molecule has 0 aromatic carbocycles. The monoisotopic (exact) mass is 154 g/mol. The molecule has 2 unspecified atom stereocenters. The second-order valence-electron chi connectivity index (χ2n) is 3.77. The van der Waals surface area contributed by atoms with Gasteiger partial charge >= 0.3 is 0 Å². The Bertz CT molecular complexity index is 160. The van der Waals surface area contributed by atoms with Crippen molar-refractivity contribution in [2.24, 2.45) is 17.8 Å². The number of rotatable bonds is 1. The molecular weight excluding hydrogens is 140 g/mol. The van der Waals surface area contributed by atoms with Gasteiger partial charge in [0, 0.05) is 5.92 Å². The van der Waals surface area contributed by atoms with Crippen molar-refractivity contribution in [3.05, 3.63) is 0 Å². The van der Waals surface area contributed by atoms with E-state index in [-0.39, 0.29) is 0 Å². The van der Waals surface area contributed by atoms with E-state index in [1.54, 1.807) is 6.92 Å². The summed E-state index contributed by atoms with van der Waals surface area (Å²) in [6.45, 7) is 3.36. The Morgan fingerprint density at radius 3 is 2.18 bits per heavy atom. The summed E-state index contributed by atoms with van der Waals surface area (Å²) in [6, 6.07) is 0. The van der Waals surface area contributed by atoms with Crippen LogP contribution in [0.15, 0.2) is 0 Å². The largest absolute Gasteiger partial charge is 0.381 e. The number of ketones is 1. The predicted molar refractivity (Wildman–Crippen MR) is 41.2 cm³/mol. The molecule has 2 heteroatoms. The number of fused-ring (bicyclic) bond motifs is 2. The van der Waals surface area contributed by atoms with E-state index in [1.807, 2.05) is 0 Å². The van der Waals surface area contributed by atoms with E-state index in [1.165, 1.54) is 12.8 Å². The topological polar surface area (TPSA) is 26.3 Å². The number of carbonyl (C=O) groups excluding carboxylic acids is 1. The van der Waals surface area contributed by atoms with Crippen LogP contribution in [0.5, 0.6) is 0 Å². The first-order valence-corrected chi connectivity index (χ1v) is 4.37. The van der Waals surface area contributed by atoms with E-state index in [2.05, 4.69) is 0 Å². The number of hydrogen-bond donors (Lipinski definition) is 0. The second-order valence-corrected chi connectivity index (χ2v) is 3.77. The highest BCUT2D eigenvalue weighted by Crippen LogP contribution is 2.41. The molecule has 1 aliphatic carbocycles. The lowest BCUT2D eigenvalue weighted by molar-refractivity contribution is -0.127. The fraction of sp³-hybridized carbons (Fsp3) is 0.889. The Balaban J connectivity index is 2.15.